The molecule has 0 aliphatic rings. The maximum absolute atomic E-state index is 11.9. The molecule has 2 rings (SSSR count). The van der Waals surface area contributed by atoms with E-state index in [1.54, 1.807) is 36.4 Å². The van der Waals surface area contributed by atoms with Crippen LogP contribution in [0.3, 0.4) is 0 Å². The standard InChI is InChI=1S/C44H66O8/c1-49-41-35-37(25-29-39(41)45)27-31-43(47)51-33-23-21-19-17-15-13-11-9-7-5-3-4-6-8-10-12-14-16-18-20-22-24-34-52-44(48)32-28-38-26-30-40(46)42(36-38)50-2/h25-32,35-36,45-46H,3-24,33-34H2,1-2H3/b31-27+,32-28+. The van der Waals surface area contributed by atoms with Crippen LogP contribution in [0.25, 0.3) is 12.2 Å². The summed E-state index contributed by atoms with van der Waals surface area (Å²) >= 11 is 0. The van der Waals surface area contributed by atoms with Gasteiger partial charge in [0.05, 0.1) is 27.4 Å². The number of benzene rings is 2. The van der Waals surface area contributed by atoms with Gasteiger partial charge in [-0.15, -0.1) is 0 Å². The van der Waals surface area contributed by atoms with Crippen LogP contribution in [0.2, 0.25) is 0 Å². The number of hydrogen-bond donors (Lipinski definition) is 2. The highest BCUT2D eigenvalue weighted by Crippen LogP contribution is 2.27. The second-order valence-electron chi connectivity index (χ2n) is 13.6. The second-order valence-corrected chi connectivity index (χ2v) is 13.6. The lowest BCUT2D eigenvalue weighted by molar-refractivity contribution is -0.138. The average Bonchev–Trinajstić information content (AvgIpc) is 3.15. The minimum Gasteiger partial charge on any atom is -0.504 e. The van der Waals surface area contributed by atoms with E-state index in [0.29, 0.717) is 24.7 Å². The number of phenolic OH excluding ortho intramolecular Hbond substituents is 2. The first-order valence-corrected chi connectivity index (χ1v) is 19.9. The van der Waals surface area contributed by atoms with Crippen molar-refractivity contribution in [3.8, 4) is 23.0 Å². The third-order valence-corrected chi connectivity index (χ3v) is 9.26. The van der Waals surface area contributed by atoms with Crippen LogP contribution in [-0.4, -0.2) is 49.6 Å². The molecule has 0 amide bonds. The molecule has 0 aromatic heterocycles. The Morgan fingerprint density at radius 3 is 1.00 bits per heavy atom. The molecule has 2 aromatic rings. The first-order chi connectivity index (χ1) is 25.4. The van der Waals surface area contributed by atoms with E-state index < -0.39 is 0 Å². The van der Waals surface area contributed by atoms with E-state index in [1.807, 2.05) is 0 Å². The van der Waals surface area contributed by atoms with E-state index in [9.17, 15) is 19.8 Å². The van der Waals surface area contributed by atoms with Crippen LogP contribution in [-0.2, 0) is 19.1 Å². The number of ether oxygens (including phenoxy) is 4. The average molecular weight is 723 g/mol. The molecule has 0 saturated carbocycles. The molecule has 0 bridgehead atoms. The van der Waals surface area contributed by atoms with Crippen LogP contribution < -0.4 is 9.47 Å². The second kappa shape index (κ2) is 29.6. The van der Waals surface area contributed by atoms with Gasteiger partial charge in [0.2, 0.25) is 0 Å². The molecule has 0 fully saturated rings. The van der Waals surface area contributed by atoms with Crippen molar-refractivity contribution in [3.05, 3.63) is 59.7 Å². The van der Waals surface area contributed by atoms with E-state index >= 15 is 0 Å². The van der Waals surface area contributed by atoms with Gasteiger partial charge < -0.3 is 29.2 Å². The Balaban J connectivity index is 1.24. The number of methoxy groups -OCH3 is 2. The molecule has 52 heavy (non-hydrogen) atoms. The maximum atomic E-state index is 11.9. The van der Waals surface area contributed by atoms with Crippen LogP contribution in [0, 0.1) is 0 Å². The molecule has 2 N–H and O–H groups in total. The van der Waals surface area contributed by atoms with Crippen molar-refractivity contribution in [1.29, 1.82) is 0 Å². The van der Waals surface area contributed by atoms with E-state index in [1.165, 1.54) is 154 Å². The third-order valence-electron chi connectivity index (χ3n) is 9.26. The number of aromatic hydroxyl groups is 2. The maximum Gasteiger partial charge on any atom is 0.330 e. The van der Waals surface area contributed by atoms with Crippen LogP contribution in [0.5, 0.6) is 23.0 Å². The van der Waals surface area contributed by atoms with E-state index in [-0.39, 0.29) is 23.4 Å². The van der Waals surface area contributed by atoms with Crippen molar-refractivity contribution < 1.29 is 38.7 Å². The van der Waals surface area contributed by atoms with Crippen molar-refractivity contribution in [2.45, 2.75) is 141 Å². The summed E-state index contributed by atoms with van der Waals surface area (Å²) in [4.78, 5) is 23.8. The van der Waals surface area contributed by atoms with Gasteiger partial charge in [0.25, 0.3) is 0 Å². The van der Waals surface area contributed by atoms with Gasteiger partial charge in [-0.3, -0.25) is 0 Å². The van der Waals surface area contributed by atoms with Crippen LogP contribution >= 0.6 is 0 Å². The lowest BCUT2D eigenvalue weighted by Gasteiger charge is -2.05. The first-order valence-electron chi connectivity index (χ1n) is 19.9. The number of rotatable bonds is 31. The third kappa shape index (κ3) is 22.1. The number of unbranched alkanes of at least 4 members (excludes halogenated alkanes) is 21. The summed E-state index contributed by atoms with van der Waals surface area (Å²) in [5, 5.41) is 19.3. The molecule has 0 spiro atoms. The van der Waals surface area contributed by atoms with Gasteiger partial charge in [-0.25, -0.2) is 9.59 Å². The Hall–Kier alpha value is -3.94. The molecule has 8 heteroatoms. The van der Waals surface area contributed by atoms with E-state index in [0.717, 1.165) is 36.8 Å². The smallest absolute Gasteiger partial charge is 0.330 e. The van der Waals surface area contributed by atoms with Crippen molar-refractivity contribution >= 4 is 24.1 Å². The summed E-state index contributed by atoms with van der Waals surface area (Å²) in [5.41, 5.74) is 1.53. The molecule has 2 aromatic carbocycles. The Labute approximate surface area is 313 Å². The van der Waals surface area contributed by atoms with Gasteiger partial charge >= 0.3 is 11.9 Å². The SMILES string of the molecule is COc1cc(/C=C/C(=O)OCCCCCCCCCCCCCCCCCCCCCCCCOC(=O)/C=C/c2ccc(O)c(OC)c2)ccc1O. The molecule has 0 aliphatic carbocycles. The molecule has 290 valence electrons. The zero-order valence-corrected chi connectivity index (χ0v) is 32.1. The first kappa shape index (κ1) is 44.2. The quantitative estimate of drug-likeness (QED) is 0.0449. The molecular formula is C44H66O8. The molecule has 0 radical (unpaired) electrons. The summed E-state index contributed by atoms with van der Waals surface area (Å²) in [6, 6.07) is 9.85. The topological polar surface area (TPSA) is 112 Å². The molecular weight excluding hydrogens is 656 g/mol. The molecule has 0 saturated heterocycles. The molecule has 8 nitrogen and oxygen atoms in total. The monoisotopic (exact) mass is 722 g/mol. The Morgan fingerprint density at radius 1 is 0.462 bits per heavy atom. The summed E-state index contributed by atoms with van der Waals surface area (Å²) in [6.45, 7) is 0.907. The highest BCUT2D eigenvalue weighted by atomic mass is 16.5. The lowest BCUT2D eigenvalue weighted by Crippen LogP contribution is -2.02. The van der Waals surface area contributed by atoms with E-state index in [2.05, 4.69) is 0 Å². The van der Waals surface area contributed by atoms with Crippen molar-refractivity contribution in [2.24, 2.45) is 0 Å². The van der Waals surface area contributed by atoms with Crippen LogP contribution in [0.1, 0.15) is 152 Å². The van der Waals surface area contributed by atoms with Gasteiger partial charge in [-0.2, -0.15) is 0 Å². The van der Waals surface area contributed by atoms with Gasteiger partial charge in [-0.05, 0) is 60.4 Å². The zero-order valence-electron chi connectivity index (χ0n) is 32.1. The zero-order chi connectivity index (χ0) is 37.5. The fourth-order valence-corrected chi connectivity index (χ4v) is 6.11. The minimum atomic E-state index is -0.348. The predicted molar refractivity (Wildman–Crippen MR) is 211 cm³/mol. The number of phenols is 2. The summed E-state index contributed by atoms with van der Waals surface area (Å²) < 4.78 is 20.7. The Bertz CT molecular complexity index is 1200. The largest absolute Gasteiger partial charge is 0.504 e. The Kier molecular flexibility index (Phi) is 25.2. The lowest BCUT2D eigenvalue weighted by atomic mass is 10.0. The molecule has 0 atom stereocenters. The fraction of sp³-hybridized carbons (Fsp3) is 0.591. The van der Waals surface area contributed by atoms with Crippen molar-refractivity contribution in [1.82, 2.24) is 0 Å². The Morgan fingerprint density at radius 2 is 0.731 bits per heavy atom. The van der Waals surface area contributed by atoms with E-state index in [4.69, 9.17) is 18.9 Å². The molecule has 0 aliphatic heterocycles. The predicted octanol–water partition coefficient (Wildman–Crippen LogP) is 11.5. The highest BCUT2D eigenvalue weighted by molar-refractivity contribution is 5.87. The number of hydrogen-bond acceptors (Lipinski definition) is 8. The fourth-order valence-electron chi connectivity index (χ4n) is 6.11. The molecule has 0 unspecified atom stereocenters. The van der Waals surface area contributed by atoms with Gasteiger partial charge in [0, 0.05) is 12.2 Å². The number of carbonyl (C=O) groups excluding carboxylic acids is 2. The summed E-state index contributed by atoms with van der Waals surface area (Å²) in [5.74, 6) is 0.191. The number of carbonyl (C=O) groups is 2. The minimum absolute atomic E-state index is 0.0701. The van der Waals surface area contributed by atoms with Crippen molar-refractivity contribution in [3.63, 3.8) is 0 Å². The summed E-state index contributed by atoms with van der Waals surface area (Å²) in [7, 11) is 2.98. The van der Waals surface area contributed by atoms with Gasteiger partial charge in [0.1, 0.15) is 0 Å². The number of esters is 2. The van der Waals surface area contributed by atoms with Crippen LogP contribution in [0.15, 0.2) is 48.6 Å². The summed E-state index contributed by atoms with van der Waals surface area (Å²) in [6.07, 6.45) is 34.0. The normalized spacial score (nSPS) is 11.3. The van der Waals surface area contributed by atoms with Crippen LogP contribution in [0.4, 0.5) is 0 Å². The molecule has 0 heterocycles. The van der Waals surface area contributed by atoms with Gasteiger partial charge in [-0.1, -0.05) is 141 Å². The van der Waals surface area contributed by atoms with Gasteiger partial charge in [0.15, 0.2) is 23.0 Å². The van der Waals surface area contributed by atoms with Crippen molar-refractivity contribution in [2.75, 3.05) is 27.4 Å². The highest BCUT2D eigenvalue weighted by Gasteiger charge is 2.04.